The van der Waals surface area contributed by atoms with E-state index >= 15 is 0 Å². The summed E-state index contributed by atoms with van der Waals surface area (Å²) in [4.78, 5) is 34.6. The van der Waals surface area contributed by atoms with Crippen molar-refractivity contribution < 1.29 is 28.6 Å². The van der Waals surface area contributed by atoms with E-state index in [-0.39, 0.29) is 29.1 Å². The van der Waals surface area contributed by atoms with Gasteiger partial charge in [-0.05, 0) is 64.4 Å². The summed E-state index contributed by atoms with van der Waals surface area (Å²) in [5.74, 6) is -1.29. The number of aliphatic imine (C=N–C) groups is 2. The van der Waals surface area contributed by atoms with Gasteiger partial charge in [-0.2, -0.15) is 0 Å². The Labute approximate surface area is 232 Å². The first kappa shape index (κ1) is 31.1. The highest BCUT2D eigenvalue weighted by atomic mass is 35.5. The largest absolute Gasteiger partial charge is 0.515 e. The second-order valence-corrected chi connectivity index (χ2v) is 10.0. The molecule has 0 heterocycles. The standard InChI is InChI=1S/C27H33ClFN5O5/c1-17(2)38-23-12-11-21(13-22(23)29)31-25(34(6)15-18-7-9-20(28)10-8-18)30-14-19(16-35)24(36)32-33-26(37)39-27(3,4)5/h7-14,16-17,35H,15H2,1-6H3,(H,32,36)(H,33,37). The summed E-state index contributed by atoms with van der Waals surface area (Å²) in [6.07, 6.45) is 0.473. The van der Waals surface area contributed by atoms with Crippen molar-refractivity contribution in [2.24, 2.45) is 9.98 Å². The number of aliphatic hydroxyl groups is 1. The Balaban J connectivity index is 2.30. The van der Waals surface area contributed by atoms with Gasteiger partial charge in [0.1, 0.15) is 5.60 Å². The first-order valence-corrected chi connectivity index (χ1v) is 12.3. The quantitative estimate of drug-likeness (QED) is 0.136. The fourth-order valence-corrected chi connectivity index (χ4v) is 3.06. The van der Waals surface area contributed by atoms with Crippen molar-refractivity contribution in [2.75, 3.05) is 7.05 Å². The van der Waals surface area contributed by atoms with Crippen molar-refractivity contribution in [3.8, 4) is 5.75 Å². The lowest BCUT2D eigenvalue weighted by molar-refractivity contribution is -0.118. The molecule has 210 valence electrons. The number of ether oxygens (including phenoxy) is 2. The minimum Gasteiger partial charge on any atom is -0.515 e. The summed E-state index contributed by atoms with van der Waals surface area (Å²) < 4.78 is 25.1. The van der Waals surface area contributed by atoms with Gasteiger partial charge >= 0.3 is 6.09 Å². The van der Waals surface area contributed by atoms with Crippen LogP contribution in [-0.4, -0.2) is 52.9 Å². The van der Waals surface area contributed by atoms with Gasteiger partial charge in [0.15, 0.2) is 11.6 Å². The number of halogens is 2. The van der Waals surface area contributed by atoms with Crippen LogP contribution in [0.25, 0.3) is 0 Å². The molecule has 0 saturated carbocycles. The molecule has 0 fully saturated rings. The van der Waals surface area contributed by atoms with E-state index in [2.05, 4.69) is 20.8 Å². The first-order chi connectivity index (χ1) is 18.3. The van der Waals surface area contributed by atoms with Crippen LogP contribution in [0, 0.1) is 5.82 Å². The van der Waals surface area contributed by atoms with E-state index in [9.17, 15) is 19.1 Å². The van der Waals surface area contributed by atoms with Crippen LogP contribution >= 0.6 is 11.6 Å². The molecule has 0 spiro atoms. The predicted molar refractivity (Wildman–Crippen MR) is 149 cm³/mol. The van der Waals surface area contributed by atoms with Gasteiger partial charge in [0, 0.05) is 30.9 Å². The molecule has 2 aromatic carbocycles. The molecule has 0 aliphatic carbocycles. The van der Waals surface area contributed by atoms with Crippen LogP contribution in [0.4, 0.5) is 14.9 Å². The zero-order chi connectivity index (χ0) is 29.2. The summed E-state index contributed by atoms with van der Waals surface area (Å²) in [7, 11) is 1.70. The molecule has 0 atom stereocenters. The lowest BCUT2D eigenvalue weighted by Crippen LogP contribution is -2.45. The molecule has 0 aromatic heterocycles. The molecule has 0 bridgehead atoms. The first-order valence-electron chi connectivity index (χ1n) is 12.0. The molecule has 10 nitrogen and oxygen atoms in total. The van der Waals surface area contributed by atoms with Crippen LogP contribution in [0.15, 0.2) is 64.3 Å². The molecule has 0 unspecified atom stereocenters. The summed E-state index contributed by atoms with van der Waals surface area (Å²) in [5.41, 5.74) is 4.26. The SMILES string of the molecule is CC(C)Oc1ccc(N=C(N=CC(=CO)C(=O)NNC(=O)OC(C)(C)C)N(C)Cc2ccc(Cl)cc2)cc1F. The van der Waals surface area contributed by atoms with Gasteiger partial charge in [0.25, 0.3) is 5.91 Å². The lowest BCUT2D eigenvalue weighted by atomic mass is 10.2. The fourth-order valence-electron chi connectivity index (χ4n) is 2.93. The number of carbonyl (C=O) groups excluding carboxylic acids is 2. The monoisotopic (exact) mass is 561 g/mol. The van der Waals surface area contributed by atoms with Crippen LogP contribution in [-0.2, 0) is 16.1 Å². The summed E-state index contributed by atoms with van der Waals surface area (Å²) in [5, 5.41) is 10.2. The lowest BCUT2D eigenvalue weighted by Gasteiger charge is -2.20. The summed E-state index contributed by atoms with van der Waals surface area (Å²) in [6.45, 7) is 8.91. The number of nitrogens with one attached hydrogen (secondary N) is 2. The van der Waals surface area contributed by atoms with E-state index in [0.717, 1.165) is 11.8 Å². The van der Waals surface area contributed by atoms with E-state index in [4.69, 9.17) is 21.1 Å². The Morgan fingerprint density at radius 2 is 1.82 bits per heavy atom. The normalized spacial score (nSPS) is 12.4. The third-order valence-corrected chi connectivity index (χ3v) is 4.83. The Bertz CT molecular complexity index is 1240. The molecule has 2 aromatic rings. The van der Waals surface area contributed by atoms with Crippen molar-refractivity contribution >= 4 is 41.5 Å². The number of aliphatic hydroxyl groups excluding tert-OH is 1. The van der Waals surface area contributed by atoms with E-state index in [1.165, 1.54) is 12.1 Å². The van der Waals surface area contributed by atoms with Gasteiger partial charge in [0.05, 0.1) is 23.6 Å². The van der Waals surface area contributed by atoms with Gasteiger partial charge in [-0.15, -0.1) is 0 Å². The minimum atomic E-state index is -0.887. The molecule has 2 amide bonds. The van der Waals surface area contributed by atoms with Gasteiger partial charge < -0.3 is 19.5 Å². The topological polar surface area (TPSA) is 125 Å². The van der Waals surface area contributed by atoms with Crippen molar-refractivity contribution in [2.45, 2.75) is 52.9 Å². The van der Waals surface area contributed by atoms with Crippen LogP contribution in [0.1, 0.15) is 40.2 Å². The Kier molecular flexibility index (Phi) is 11.3. The number of carbonyl (C=O) groups is 2. The van der Waals surface area contributed by atoms with Crippen LogP contribution in [0.2, 0.25) is 5.02 Å². The van der Waals surface area contributed by atoms with Gasteiger partial charge in [-0.3, -0.25) is 10.2 Å². The molecule has 2 rings (SSSR count). The van der Waals surface area contributed by atoms with E-state index in [0.29, 0.717) is 17.8 Å². The predicted octanol–water partition coefficient (Wildman–Crippen LogP) is 5.45. The number of amides is 2. The number of rotatable bonds is 7. The average Bonchev–Trinajstić information content (AvgIpc) is 2.84. The molecule has 0 radical (unpaired) electrons. The van der Waals surface area contributed by atoms with Gasteiger partial charge in [0.2, 0.25) is 5.96 Å². The maximum Gasteiger partial charge on any atom is 0.426 e. The number of guanidine groups is 1. The fraction of sp³-hybridized carbons (Fsp3) is 0.333. The second-order valence-electron chi connectivity index (χ2n) is 9.60. The van der Waals surface area contributed by atoms with Crippen molar-refractivity contribution in [1.29, 1.82) is 0 Å². The smallest absolute Gasteiger partial charge is 0.426 e. The van der Waals surface area contributed by atoms with Gasteiger partial charge in [-0.25, -0.2) is 24.6 Å². The van der Waals surface area contributed by atoms with Crippen molar-refractivity contribution in [3.05, 3.63) is 70.7 Å². The van der Waals surface area contributed by atoms with Gasteiger partial charge in [-0.1, -0.05) is 23.7 Å². The molecule has 0 aliphatic rings. The summed E-state index contributed by atoms with van der Waals surface area (Å²) in [6, 6.07) is 11.4. The molecule has 39 heavy (non-hydrogen) atoms. The Morgan fingerprint density at radius 1 is 1.15 bits per heavy atom. The van der Waals surface area contributed by atoms with Crippen LogP contribution < -0.4 is 15.6 Å². The summed E-state index contributed by atoms with van der Waals surface area (Å²) >= 11 is 5.98. The third-order valence-electron chi connectivity index (χ3n) is 4.58. The zero-order valence-corrected chi connectivity index (χ0v) is 23.4. The number of hydrogen-bond donors (Lipinski definition) is 3. The minimum absolute atomic E-state index is 0.0863. The molecule has 0 aliphatic heterocycles. The molecular weight excluding hydrogens is 529 g/mol. The maximum absolute atomic E-state index is 14.6. The van der Waals surface area contributed by atoms with Crippen molar-refractivity contribution in [1.82, 2.24) is 15.8 Å². The Hall–Kier alpha value is -4.12. The van der Waals surface area contributed by atoms with E-state index in [1.54, 1.807) is 64.8 Å². The number of hydrogen-bond acceptors (Lipinski definition) is 6. The Morgan fingerprint density at radius 3 is 2.38 bits per heavy atom. The maximum atomic E-state index is 14.6. The van der Waals surface area contributed by atoms with E-state index < -0.39 is 23.4 Å². The number of nitrogens with zero attached hydrogens (tertiary/aromatic N) is 3. The number of hydrazine groups is 1. The third kappa shape index (κ3) is 11.0. The highest BCUT2D eigenvalue weighted by Crippen LogP contribution is 2.24. The zero-order valence-electron chi connectivity index (χ0n) is 22.7. The second kappa shape index (κ2) is 14.1. The molecule has 0 saturated heterocycles. The van der Waals surface area contributed by atoms with Crippen LogP contribution in [0.5, 0.6) is 5.75 Å². The number of benzene rings is 2. The molecule has 12 heteroatoms. The van der Waals surface area contributed by atoms with Crippen LogP contribution in [0.3, 0.4) is 0 Å². The average molecular weight is 562 g/mol. The van der Waals surface area contributed by atoms with Crippen molar-refractivity contribution in [3.63, 3.8) is 0 Å². The van der Waals surface area contributed by atoms with E-state index in [1.807, 2.05) is 12.1 Å². The highest BCUT2D eigenvalue weighted by molar-refractivity contribution is 6.30. The molecular formula is C27H33ClFN5O5. The highest BCUT2D eigenvalue weighted by Gasteiger charge is 2.17. The molecule has 3 N–H and O–H groups in total.